The van der Waals surface area contributed by atoms with Crippen molar-refractivity contribution < 1.29 is 94.1 Å². The lowest BCUT2D eigenvalue weighted by Crippen LogP contribution is -2.68. The van der Waals surface area contributed by atoms with Crippen LogP contribution in [0.3, 0.4) is 0 Å². The molecule has 0 saturated carbocycles. The number of carbonyl (C=O) groups excluding carboxylic acids is 1. The third kappa shape index (κ3) is 7.64. The summed E-state index contributed by atoms with van der Waals surface area (Å²) in [5, 5.41) is 117. The van der Waals surface area contributed by atoms with Crippen LogP contribution >= 0.6 is 0 Å². The van der Waals surface area contributed by atoms with E-state index in [0.717, 1.165) is 6.92 Å². The van der Waals surface area contributed by atoms with Gasteiger partial charge < -0.3 is 94.6 Å². The third-order valence-corrected chi connectivity index (χ3v) is 8.53. The van der Waals surface area contributed by atoms with Gasteiger partial charge in [0.25, 0.3) is 0 Å². The highest BCUT2D eigenvalue weighted by Gasteiger charge is 2.55. The molecule has 0 bridgehead atoms. The predicted octanol–water partition coefficient (Wildman–Crippen LogP) is -7.55. The Morgan fingerprint density at radius 1 is 0.565 bits per heavy atom. The highest BCUT2D eigenvalue weighted by Crippen LogP contribution is 2.34. The van der Waals surface area contributed by atoms with Crippen molar-refractivity contribution >= 4 is 5.91 Å². The molecule has 20 atom stereocenters. The second kappa shape index (κ2) is 15.5. The minimum absolute atomic E-state index is 0.670. The maximum absolute atomic E-state index is 11.9. The van der Waals surface area contributed by atoms with Gasteiger partial charge in [0.15, 0.2) is 25.2 Å². The minimum atomic E-state index is -1.89. The molecule has 4 saturated heterocycles. The van der Waals surface area contributed by atoms with Crippen LogP contribution in [0.5, 0.6) is 0 Å². The average Bonchev–Trinajstić information content (AvgIpc) is 3.01. The minimum Gasteiger partial charge on any atom is -0.394 e. The summed E-state index contributed by atoms with van der Waals surface area (Å²) < 4.78 is 39.6. The molecule has 0 radical (unpaired) electrons. The van der Waals surface area contributed by atoms with Crippen molar-refractivity contribution in [2.24, 2.45) is 0 Å². The van der Waals surface area contributed by atoms with Crippen LogP contribution in [0.1, 0.15) is 20.8 Å². The number of aliphatic hydroxyl groups excluding tert-OH is 11. The molecule has 4 aliphatic heterocycles. The molecule has 4 rings (SSSR count). The molecule has 20 nitrogen and oxygen atoms in total. The lowest BCUT2D eigenvalue weighted by atomic mass is 9.95. The van der Waals surface area contributed by atoms with E-state index in [0.29, 0.717) is 0 Å². The predicted molar refractivity (Wildman–Crippen MR) is 143 cm³/mol. The van der Waals surface area contributed by atoms with E-state index < -0.39 is 142 Å². The fourth-order valence-corrected chi connectivity index (χ4v) is 5.79. The number of nitrogens with one attached hydrogen (secondary N) is 1. The van der Waals surface area contributed by atoms with Crippen LogP contribution in [0.4, 0.5) is 0 Å². The number of hydrogen-bond donors (Lipinski definition) is 12. The fourth-order valence-electron chi connectivity index (χ4n) is 5.79. The Morgan fingerprint density at radius 2 is 1.09 bits per heavy atom. The molecule has 20 heteroatoms. The number of carbonyl (C=O) groups is 1. The maximum Gasteiger partial charge on any atom is 0.217 e. The average molecular weight is 676 g/mol. The van der Waals surface area contributed by atoms with E-state index in [-0.39, 0.29) is 0 Å². The SMILES string of the molecule is CC(=O)N[C@H]1[C@H](O[C@H]2[C@H](O[C@@H]3[C@H](O[C@H]4O[C@H](CO)[C@@H](O)[C@H](O)[C@H]4O)[C@@H](O)[C@H](C)O[C@H]3O)O[C@@H](C)[C@H](O)[C@H]2O)O[C@H](CO)[C@@H](O)[C@@H]1O. The summed E-state index contributed by atoms with van der Waals surface area (Å²) in [4.78, 5) is 11.9. The Kier molecular flexibility index (Phi) is 12.7. The van der Waals surface area contributed by atoms with Crippen LogP contribution in [-0.4, -0.2) is 198 Å². The molecule has 0 unspecified atom stereocenters. The normalized spacial score (nSPS) is 51.9. The van der Waals surface area contributed by atoms with Gasteiger partial charge in [-0.3, -0.25) is 4.79 Å². The maximum atomic E-state index is 11.9. The van der Waals surface area contributed by atoms with Crippen LogP contribution in [0.15, 0.2) is 0 Å². The zero-order chi connectivity index (χ0) is 34.2. The molecule has 12 N–H and O–H groups in total. The number of rotatable bonds is 9. The summed E-state index contributed by atoms with van der Waals surface area (Å²) in [6.45, 7) is 2.28. The standard InChI is InChI=1S/C26H45NO19/c1-6-12(31)18(37)21(45-24-11(27-8(3)30)16(35)14(33)9(4-28)42-24)26(41-6)46-22-20(13(32)7(2)40-23(22)39)44-25-19(38)17(36)15(34)10(5-29)43-25/h6-7,9-26,28-29,31-39H,4-5H2,1-3H3,(H,27,30)/t6-,7-,9+,10+,11+,12-,13-,14+,15+,16+,17-,18+,19+,20+,21+,22+,23+,24-,25+,26-/m0/s1. The van der Waals surface area contributed by atoms with Gasteiger partial charge in [0.05, 0.1) is 25.4 Å². The quantitative estimate of drug-likeness (QED) is 0.108. The van der Waals surface area contributed by atoms with Gasteiger partial charge in [-0.15, -0.1) is 0 Å². The smallest absolute Gasteiger partial charge is 0.217 e. The molecule has 0 aromatic carbocycles. The zero-order valence-corrected chi connectivity index (χ0v) is 25.1. The second-order valence-corrected chi connectivity index (χ2v) is 11.8. The third-order valence-electron chi connectivity index (χ3n) is 8.53. The summed E-state index contributed by atoms with van der Waals surface area (Å²) in [6, 6.07) is -1.46. The highest BCUT2D eigenvalue weighted by molar-refractivity contribution is 5.73. The number of hydrogen-bond acceptors (Lipinski definition) is 19. The molecular weight excluding hydrogens is 630 g/mol. The topological polar surface area (TPSA) is 316 Å². The Bertz CT molecular complexity index is 995. The van der Waals surface area contributed by atoms with E-state index >= 15 is 0 Å². The first kappa shape index (κ1) is 37.6. The lowest BCUT2D eigenvalue weighted by Gasteiger charge is -2.49. The van der Waals surface area contributed by atoms with Crippen LogP contribution in [0.2, 0.25) is 0 Å². The molecule has 1 amide bonds. The van der Waals surface area contributed by atoms with Crippen molar-refractivity contribution in [3.05, 3.63) is 0 Å². The summed E-state index contributed by atoms with van der Waals surface area (Å²) in [6.07, 6.45) is -31.1. The lowest BCUT2D eigenvalue weighted by molar-refractivity contribution is -0.396. The Labute approximate surface area is 262 Å². The van der Waals surface area contributed by atoms with Crippen molar-refractivity contribution in [1.29, 1.82) is 0 Å². The van der Waals surface area contributed by atoms with Crippen molar-refractivity contribution in [2.75, 3.05) is 13.2 Å². The molecule has 4 heterocycles. The Morgan fingerprint density at radius 3 is 1.67 bits per heavy atom. The monoisotopic (exact) mass is 675 g/mol. The molecular formula is C26H45NO19. The van der Waals surface area contributed by atoms with Gasteiger partial charge >= 0.3 is 0 Å². The Balaban J connectivity index is 1.61. The second-order valence-electron chi connectivity index (χ2n) is 11.8. The van der Waals surface area contributed by atoms with E-state index in [1.807, 2.05) is 0 Å². The van der Waals surface area contributed by atoms with E-state index in [2.05, 4.69) is 5.32 Å². The van der Waals surface area contributed by atoms with E-state index in [1.54, 1.807) is 0 Å². The van der Waals surface area contributed by atoms with Crippen LogP contribution in [-0.2, 0) is 38.0 Å². The van der Waals surface area contributed by atoms with Gasteiger partial charge in [-0.1, -0.05) is 0 Å². The van der Waals surface area contributed by atoms with Gasteiger partial charge in [0.1, 0.15) is 85.4 Å². The summed E-state index contributed by atoms with van der Waals surface area (Å²) in [5.41, 5.74) is 0. The van der Waals surface area contributed by atoms with Gasteiger partial charge in [-0.2, -0.15) is 0 Å². The largest absolute Gasteiger partial charge is 0.394 e. The molecule has 4 fully saturated rings. The molecule has 0 aromatic rings. The highest BCUT2D eigenvalue weighted by atomic mass is 16.8. The fraction of sp³-hybridized carbons (Fsp3) is 0.962. The first-order valence-corrected chi connectivity index (χ1v) is 14.8. The Hall–Kier alpha value is -1.25. The summed E-state index contributed by atoms with van der Waals surface area (Å²) in [5.74, 6) is -0.670. The number of ether oxygens (including phenoxy) is 7. The van der Waals surface area contributed by atoms with Crippen molar-refractivity contribution in [3.8, 4) is 0 Å². The van der Waals surface area contributed by atoms with E-state index in [9.17, 15) is 61.0 Å². The molecule has 46 heavy (non-hydrogen) atoms. The first-order valence-electron chi connectivity index (χ1n) is 14.8. The molecule has 0 aliphatic carbocycles. The molecule has 268 valence electrons. The molecule has 0 spiro atoms. The van der Waals surface area contributed by atoms with Crippen molar-refractivity contribution in [2.45, 2.75) is 144 Å². The first-order chi connectivity index (χ1) is 21.6. The van der Waals surface area contributed by atoms with Gasteiger partial charge in [-0.05, 0) is 13.8 Å². The van der Waals surface area contributed by atoms with E-state index in [1.165, 1.54) is 13.8 Å². The summed E-state index contributed by atoms with van der Waals surface area (Å²) in [7, 11) is 0. The van der Waals surface area contributed by atoms with Crippen LogP contribution < -0.4 is 5.32 Å². The van der Waals surface area contributed by atoms with Crippen molar-refractivity contribution in [1.82, 2.24) is 5.32 Å². The zero-order valence-electron chi connectivity index (χ0n) is 25.1. The van der Waals surface area contributed by atoms with Crippen LogP contribution in [0.25, 0.3) is 0 Å². The molecule has 4 aliphatic rings. The summed E-state index contributed by atoms with van der Waals surface area (Å²) >= 11 is 0. The number of aliphatic hydroxyl groups is 11. The number of amides is 1. The van der Waals surface area contributed by atoms with Gasteiger partial charge in [-0.25, -0.2) is 0 Å². The van der Waals surface area contributed by atoms with Gasteiger partial charge in [0, 0.05) is 6.92 Å². The van der Waals surface area contributed by atoms with Crippen LogP contribution in [0, 0.1) is 0 Å². The van der Waals surface area contributed by atoms with Crippen molar-refractivity contribution in [3.63, 3.8) is 0 Å². The molecule has 0 aromatic heterocycles. The van der Waals surface area contributed by atoms with Gasteiger partial charge in [0.2, 0.25) is 5.91 Å². The van der Waals surface area contributed by atoms with E-state index in [4.69, 9.17) is 33.2 Å².